The highest BCUT2D eigenvalue weighted by atomic mass is 16.8. The van der Waals surface area contributed by atoms with Crippen LogP contribution in [0.3, 0.4) is 0 Å². The van der Waals surface area contributed by atoms with Gasteiger partial charge in [0.2, 0.25) is 18.1 Å². The fourth-order valence-corrected chi connectivity index (χ4v) is 3.89. The molecule has 2 N–H and O–H groups in total. The summed E-state index contributed by atoms with van der Waals surface area (Å²) >= 11 is 0. The number of benzene rings is 2. The maximum Gasteiger partial charge on any atom is 0.325 e. The van der Waals surface area contributed by atoms with Gasteiger partial charge in [0.25, 0.3) is 5.91 Å². The number of hydrogen-bond acceptors (Lipinski definition) is 6. The minimum Gasteiger partial charge on any atom is -0.455 e. The van der Waals surface area contributed by atoms with Crippen LogP contribution in [-0.4, -0.2) is 30.1 Å². The molecule has 2 heterocycles. The Hall–Kier alpha value is -4.33. The van der Waals surface area contributed by atoms with Gasteiger partial charge in [0, 0.05) is 26.2 Å². The number of carbonyl (C=O) groups is 2. The number of rotatable bonds is 10. The van der Waals surface area contributed by atoms with E-state index in [4.69, 9.17) is 14.2 Å². The Morgan fingerprint density at radius 1 is 1.03 bits per heavy atom. The van der Waals surface area contributed by atoms with Gasteiger partial charge < -0.3 is 24.8 Å². The number of amides is 2. The molecule has 186 valence electrons. The van der Waals surface area contributed by atoms with Crippen molar-refractivity contribution in [1.29, 1.82) is 0 Å². The first-order chi connectivity index (χ1) is 17.6. The molecule has 0 saturated carbocycles. The Kier molecular flexibility index (Phi) is 8.18. The van der Waals surface area contributed by atoms with Gasteiger partial charge in [-0.25, -0.2) is 4.98 Å². The maximum atomic E-state index is 12.9. The van der Waals surface area contributed by atoms with E-state index in [1.165, 1.54) is 6.26 Å². The van der Waals surface area contributed by atoms with Crippen molar-refractivity contribution in [3.05, 3.63) is 107 Å². The van der Waals surface area contributed by atoms with Crippen LogP contribution in [0, 0.1) is 0 Å². The normalized spacial score (nSPS) is 15.2. The Morgan fingerprint density at radius 2 is 1.81 bits per heavy atom. The van der Waals surface area contributed by atoms with Gasteiger partial charge in [-0.1, -0.05) is 61.5 Å². The van der Waals surface area contributed by atoms with Gasteiger partial charge in [0.15, 0.2) is 6.26 Å². The van der Waals surface area contributed by atoms with Crippen LogP contribution in [0.1, 0.15) is 46.3 Å². The van der Waals surface area contributed by atoms with E-state index in [1.54, 1.807) is 25.4 Å². The maximum absolute atomic E-state index is 12.9. The molecule has 0 aliphatic carbocycles. The molecule has 8 heteroatoms. The summed E-state index contributed by atoms with van der Waals surface area (Å²) in [5.74, 6) is -0.282. The highest BCUT2D eigenvalue weighted by molar-refractivity contribution is 5.96. The highest BCUT2D eigenvalue weighted by Crippen LogP contribution is 2.24. The molecule has 2 aromatic carbocycles. The van der Waals surface area contributed by atoms with Gasteiger partial charge in [0.1, 0.15) is 5.56 Å². The molecule has 0 bridgehead atoms. The summed E-state index contributed by atoms with van der Waals surface area (Å²) < 4.78 is 17.0. The molecule has 2 unspecified atom stereocenters. The van der Waals surface area contributed by atoms with Gasteiger partial charge in [-0.15, -0.1) is 0 Å². The molecule has 2 atom stereocenters. The van der Waals surface area contributed by atoms with Crippen LogP contribution in [0.15, 0.2) is 85.1 Å². The Bertz CT molecular complexity index is 1210. The minimum absolute atomic E-state index is 0.0131. The SMILES string of the molecule is CCC(C(=O)NC)c1ccc(CNC(=O)c2cccnc2OC2=COC(Cc3ccccc3)O2)cc1. The van der Waals surface area contributed by atoms with Crippen LogP contribution in [-0.2, 0) is 27.2 Å². The number of hydrogen-bond donors (Lipinski definition) is 2. The number of likely N-dealkylation sites (N-methyl/N-ethyl adjacent to an activating group) is 1. The summed E-state index contributed by atoms with van der Waals surface area (Å²) in [5, 5.41) is 5.59. The zero-order valence-electron chi connectivity index (χ0n) is 20.3. The predicted octanol–water partition coefficient (Wildman–Crippen LogP) is 4.04. The molecule has 0 fully saturated rings. The summed E-state index contributed by atoms with van der Waals surface area (Å²) in [6.07, 6.45) is 3.67. The Balaban J connectivity index is 1.34. The molecular formula is C28H29N3O5. The van der Waals surface area contributed by atoms with Gasteiger partial charge in [0.05, 0.1) is 5.92 Å². The number of carbonyl (C=O) groups excluding carboxylic acids is 2. The highest BCUT2D eigenvalue weighted by Gasteiger charge is 2.24. The number of ether oxygens (including phenoxy) is 3. The summed E-state index contributed by atoms with van der Waals surface area (Å²) in [5.41, 5.74) is 3.19. The number of aromatic nitrogens is 1. The monoisotopic (exact) mass is 487 g/mol. The Morgan fingerprint density at radius 3 is 2.53 bits per heavy atom. The minimum atomic E-state index is -0.512. The Labute approximate surface area is 210 Å². The zero-order valence-corrected chi connectivity index (χ0v) is 20.3. The lowest BCUT2D eigenvalue weighted by atomic mass is 9.95. The van der Waals surface area contributed by atoms with Crippen molar-refractivity contribution >= 4 is 11.8 Å². The molecule has 36 heavy (non-hydrogen) atoms. The molecule has 8 nitrogen and oxygen atoms in total. The smallest absolute Gasteiger partial charge is 0.325 e. The number of nitrogens with one attached hydrogen (secondary N) is 2. The second kappa shape index (κ2) is 11.9. The lowest BCUT2D eigenvalue weighted by molar-refractivity contribution is -0.122. The predicted molar refractivity (Wildman–Crippen MR) is 134 cm³/mol. The van der Waals surface area contributed by atoms with Gasteiger partial charge in [-0.2, -0.15) is 0 Å². The van der Waals surface area contributed by atoms with E-state index in [0.717, 1.165) is 16.7 Å². The van der Waals surface area contributed by atoms with Crippen molar-refractivity contribution in [3.8, 4) is 5.88 Å². The van der Waals surface area contributed by atoms with E-state index in [9.17, 15) is 9.59 Å². The van der Waals surface area contributed by atoms with E-state index >= 15 is 0 Å². The van der Waals surface area contributed by atoms with E-state index < -0.39 is 6.29 Å². The molecule has 0 saturated heterocycles. The summed E-state index contributed by atoms with van der Waals surface area (Å²) in [7, 11) is 1.64. The first kappa shape index (κ1) is 24.8. The molecule has 1 aromatic heterocycles. The van der Waals surface area contributed by atoms with E-state index in [2.05, 4.69) is 15.6 Å². The van der Waals surface area contributed by atoms with Gasteiger partial charge in [-0.05, 0) is 35.2 Å². The van der Waals surface area contributed by atoms with Crippen molar-refractivity contribution in [2.75, 3.05) is 7.05 Å². The van der Waals surface area contributed by atoms with Crippen LogP contribution < -0.4 is 15.4 Å². The van der Waals surface area contributed by atoms with E-state index in [0.29, 0.717) is 19.4 Å². The van der Waals surface area contributed by atoms with Crippen LogP contribution in [0.25, 0.3) is 0 Å². The fourth-order valence-electron chi connectivity index (χ4n) is 3.89. The molecule has 3 aromatic rings. The van der Waals surface area contributed by atoms with Crippen molar-refractivity contribution < 1.29 is 23.8 Å². The first-order valence-corrected chi connectivity index (χ1v) is 11.8. The quantitative estimate of drug-likeness (QED) is 0.448. The van der Waals surface area contributed by atoms with E-state index in [1.807, 2.05) is 61.5 Å². The number of nitrogens with zero attached hydrogens (tertiary/aromatic N) is 1. The molecule has 0 spiro atoms. The van der Waals surface area contributed by atoms with Crippen LogP contribution >= 0.6 is 0 Å². The first-order valence-electron chi connectivity index (χ1n) is 11.8. The van der Waals surface area contributed by atoms with Crippen LogP contribution in [0.2, 0.25) is 0 Å². The van der Waals surface area contributed by atoms with Gasteiger partial charge >= 0.3 is 5.95 Å². The summed E-state index contributed by atoms with van der Waals surface area (Å²) in [6.45, 7) is 2.29. The third-order valence-corrected chi connectivity index (χ3v) is 5.83. The number of pyridine rings is 1. The molecule has 1 aliphatic heterocycles. The van der Waals surface area contributed by atoms with Crippen LogP contribution in [0.5, 0.6) is 5.88 Å². The van der Waals surface area contributed by atoms with Crippen molar-refractivity contribution in [1.82, 2.24) is 15.6 Å². The largest absolute Gasteiger partial charge is 0.455 e. The molecule has 2 amide bonds. The van der Waals surface area contributed by atoms with Gasteiger partial charge in [-0.3, -0.25) is 9.59 Å². The van der Waals surface area contributed by atoms with E-state index in [-0.39, 0.29) is 35.1 Å². The fraction of sp³-hybridized carbons (Fsp3) is 0.250. The standard InChI is InChI=1S/C28H29N3O5/c1-3-22(26(32)29-2)21-13-11-20(12-14-21)17-31-27(33)23-10-7-15-30-28(23)36-25-18-34-24(35-25)16-19-8-5-4-6-9-19/h4-15,18,22,24H,3,16-17H2,1-2H3,(H,29,32)(H,31,33). The van der Waals surface area contributed by atoms with Crippen molar-refractivity contribution in [3.63, 3.8) is 0 Å². The topological polar surface area (TPSA) is 98.8 Å². The van der Waals surface area contributed by atoms with Crippen molar-refractivity contribution in [2.24, 2.45) is 0 Å². The second-order valence-electron chi connectivity index (χ2n) is 8.27. The second-order valence-corrected chi connectivity index (χ2v) is 8.27. The zero-order chi connectivity index (χ0) is 25.3. The summed E-state index contributed by atoms with van der Waals surface area (Å²) in [6, 6.07) is 20.8. The molecular weight excluding hydrogens is 458 g/mol. The molecule has 0 radical (unpaired) electrons. The average Bonchev–Trinajstić information content (AvgIpc) is 3.35. The summed E-state index contributed by atoms with van der Waals surface area (Å²) in [4.78, 5) is 29.1. The van der Waals surface area contributed by atoms with Crippen molar-refractivity contribution in [2.45, 2.75) is 38.5 Å². The molecule has 1 aliphatic rings. The molecule has 4 rings (SSSR count). The third-order valence-electron chi connectivity index (χ3n) is 5.83. The lowest BCUT2D eigenvalue weighted by Gasteiger charge is -2.14. The lowest BCUT2D eigenvalue weighted by Crippen LogP contribution is -2.25. The average molecular weight is 488 g/mol. The van der Waals surface area contributed by atoms with Crippen LogP contribution in [0.4, 0.5) is 0 Å². The third kappa shape index (κ3) is 6.21.